The molecular formula is C19H22N4OS. The lowest BCUT2D eigenvalue weighted by molar-refractivity contribution is 0.373. The third-order valence-corrected chi connectivity index (χ3v) is 4.54. The summed E-state index contributed by atoms with van der Waals surface area (Å²) in [7, 11) is 5.71. The van der Waals surface area contributed by atoms with Gasteiger partial charge in [-0.3, -0.25) is 0 Å². The second kappa shape index (κ2) is 7.11. The second-order valence-corrected chi connectivity index (χ2v) is 6.58. The Morgan fingerprint density at radius 2 is 1.80 bits per heavy atom. The lowest BCUT2D eigenvalue weighted by atomic mass is 9.98. The number of benzene rings is 2. The molecule has 5 nitrogen and oxygen atoms in total. The molecule has 25 heavy (non-hydrogen) atoms. The number of anilines is 1. The molecule has 1 heterocycles. The second-order valence-electron chi connectivity index (χ2n) is 6.16. The maximum atomic E-state index is 5.91. The largest absolute Gasteiger partial charge is 0.497 e. The zero-order chi connectivity index (χ0) is 18.0. The van der Waals surface area contributed by atoms with Crippen LogP contribution in [0, 0.1) is 0 Å². The summed E-state index contributed by atoms with van der Waals surface area (Å²) < 4.78 is 5.22. The first kappa shape index (κ1) is 17.2. The summed E-state index contributed by atoms with van der Waals surface area (Å²) in [6.45, 7) is 0. The molecule has 130 valence electrons. The van der Waals surface area contributed by atoms with Crippen molar-refractivity contribution in [3.05, 3.63) is 59.7 Å². The van der Waals surface area contributed by atoms with E-state index in [1.165, 1.54) is 0 Å². The summed E-state index contributed by atoms with van der Waals surface area (Å²) in [5, 5.41) is 6.68. The van der Waals surface area contributed by atoms with E-state index in [-0.39, 0.29) is 11.2 Å². The normalized spacial score (nSPS) is 16.5. The van der Waals surface area contributed by atoms with Crippen LogP contribution in [0.4, 0.5) is 5.69 Å². The first-order valence-corrected chi connectivity index (χ1v) is 8.48. The first-order valence-electron chi connectivity index (χ1n) is 8.07. The maximum Gasteiger partial charge on any atom is 0.187 e. The molecule has 2 aromatic rings. The van der Waals surface area contributed by atoms with Gasteiger partial charge >= 0.3 is 0 Å². The van der Waals surface area contributed by atoms with Crippen molar-refractivity contribution in [1.29, 1.82) is 0 Å². The van der Waals surface area contributed by atoms with Crippen LogP contribution in [-0.2, 0) is 0 Å². The molecule has 1 aliphatic heterocycles. The van der Waals surface area contributed by atoms with E-state index in [1.807, 2.05) is 38.4 Å². The van der Waals surface area contributed by atoms with Gasteiger partial charge < -0.3 is 15.4 Å². The molecule has 0 aliphatic carbocycles. The van der Waals surface area contributed by atoms with E-state index in [4.69, 9.17) is 22.7 Å². The van der Waals surface area contributed by atoms with Gasteiger partial charge in [0.15, 0.2) is 5.11 Å². The van der Waals surface area contributed by atoms with Crippen molar-refractivity contribution in [2.45, 2.75) is 12.5 Å². The summed E-state index contributed by atoms with van der Waals surface area (Å²) in [4.78, 5) is 2.07. The molecule has 0 bridgehead atoms. The van der Waals surface area contributed by atoms with Crippen LogP contribution >= 0.6 is 12.2 Å². The summed E-state index contributed by atoms with van der Waals surface area (Å²) >= 11 is 5.21. The van der Waals surface area contributed by atoms with Gasteiger partial charge in [-0.05, 0) is 59.7 Å². The van der Waals surface area contributed by atoms with Gasteiger partial charge in [0, 0.05) is 26.2 Å². The van der Waals surface area contributed by atoms with E-state index in [2.05, 4.69) is 34.3 Å². The zero-order valence-electron chi connectivity index (χ0n) is 14.6. The molecule has 1 unspecified atom stereocenters. The van der Waals surface area contributed by atoms with Crippen LogP contribution in [0.15, 0.2) is 53.6 Å². The molecule has 3 rings (SSSR count). The van der Waals surface area contributed by atoms with Crippen molar-refractivity contribution >= 4 is 28.7 Å². The molecule has 0 saturated carbocycles. The highest BCUT2D eigenvalue weighted by Crippen LogP contribution is 2.33. The number of hydrogen-bond donors (Lipinski definition) is 1. The Morgan fingerprint density at radius 3 is 2.32 bits per heavy atom. The number of thiocarbonyl (C=S) groups is 1. The smallest absolute Gasteiger partial charge is 0.187 e. The van der Waals surface area contributed by atoms with Crippen LogP contribution < -0.4 is 15.4 Å². The number of methoxy groups -OCH3 is 1. The molecular weight excluding hydrogens is 332 g/mol. The Morgan fingerprint density at radius 1 is 1.16 bits per heavy atom. The fourth-order valence-corrected chi connectivity index (χ4v) is 3.09. The van der Waals surface area contributed by atoms with E-state index in [0.717, 1.165) is 34.7 Å². The minimum atomic E-state index is 0.0193. The Labute approximate surface area is 153 Å². The Hall–Kier alpha value is -2.60. The number of rotatable bonds is 4. The SMILES string of the molecule is COc1ccc(C2=NN(C(N)=S)C(c3ccc(N(C)C)cc3)C2)cc1. The summed E-state index contributed by atoms with van der Waals surface area (Å²) in [5.41, 5.74) is 10.2. The predicted molar refractivity (Wildman–Crippen MR) is 106 cm³/mol. The summed E-state index contributed by atoms with van der Waals surface area (Å²) in [6, 6.07) is 16.3. The number of nitrogens with zero attached hydrogens (tertiary/aromatic N) is 3. The van der Waals surface area contributed by atoms with E-state index >= 15 is 0 Å². The van der Waals surface area contributed by atoms with Crippen molar-refractivity contribution in [3.63, 3.8) is 0 Å². The lowest BCUT2D eigenvalue weighted by Crippen LogP contribution is -2.31. The maximum absolute atomic E-state index is 5.91. The van der Waals surface area contributed by atoms with Crippen LogP contribution in [0.25, 0.3) is 0 Å². The monoisotopic (exact) mass is 354 g/mol. The van der Waals surface area contributed by atoms with Crippen molar-refractivity contribution < 1.29 is 4.74 Å². The van der Waals surface area contributed by atoms with Crippen LogP contribution in [0.5, 0.6) is 5.75 Å². The van der Waals surface area contributed by atoms with Crippen molar-refractivity contribution in [2.75, 3.05) is 26.1 Å². The van der Waals surface area contributed by atoms with Gasteiger partial charge in [0.1, 0.15) is 5.75 Å². The number of ether oxygens (including phenoxy) is 1. The van der Waals surface area contributed by atoms with Gasteiger partial charge in [-0.15, -0.1) is 0 Å². The Bertz CT molecular complexity index is 784. The third-order valence-electron chi connectivity index (χ3n) is 4.35. The molecule has 0 spiro atoms. The average molecular weight is 354 g/mol. The summed E-state index contributed by atoms with van der Waals surface area (Å²) in [6.07, 6.45) is 0.755. The highest BCUT2D eigenvalue weighted by atomic mass is 32.1. The van der Waals surface area contributed by atoms with Gasteiger partial charge in [-0.2, -0.15) is 5.10 Å². The van der Waals surface area contributed by atoms with E-state index in [1.54, 1.807) is 12.1 Å². The highest BCUT2D eigenvalue weighted by Gasteiger charge is 2.30. The lowest BCUT2D eigenvalue weighted by Gasteiger charge is -2.22. The molecule has 2 aromatic carbocycles. The van der Waals surface area contributed by atoms with Crippen molar-refractivity contribution in [1.82, 2.24) is 5.01 Å². The standard InChI is InChI=1S/C19H22N4OS/c1-22(2)15-8-4-14(5-9-15)18-12-17(21-23(18)19(20)25)13-6-10-16(24-3)11-7-13/h4-11,18H,12H2,1-3H3,(H2,20,25). The van der Waals surface area contributed by atoms with Crippen LogP contribution in [0.2, 0.25) is 0 Å². The molecule has 2 N–H and O–H groups in total. The van der Waals surface area contributed by atoms with Crippen LogP contribution in [0.1, 0.15) is 23.6 Å². The minimum absolute atomic E-state index is 0.0193. The van der Waals surface area contributed by atoms with Gasteiger partial charge in [0.25, 0.3) is 0 Å². The topological polar surface area (TPSA) is 54.1 Å². The fraction of sp³-hybridized carbons (Fsp3) is 0.263. The van der Waals surface area contributed by atoms with Gasteiger partial charge in [0.05, 0.1) is 18.9 Å². The molecule has 0 fully saturated rings. The van der Waals surface area contributed by atoms with Crippen molar-refractivity contribution in [2.24, 2.45) is 10.8 Å². The molecule has 0 saturated heterocycles. The molecule has 1 atom stereocenters. The minimum Gasteiger partial charge on any atom is -0.497 e. The first-order chi connectivity index (χ1) is 12.0. The fourth-order valence-electron chi connectivity index (χ4n) is 2.93. The zero-order valence-corrected chi connectivity index (χ0v) is 15.5. The number of nitrogens with two attached hydrogens (primary N) is 1. The van der Waals surface area contributed by atoms with E-state index in [0.29, 0.717) is 0 Å². The van der Waals surface area contributed by atoms with Crippen molar-refractivity contribution in [3.8, 4) is 5.75 Å². The molecule has 0 radical (unpaired) electrons. The highest BCUT2D eigenvalue weighted by molar-refractivity contribution is 7.80. The number of hydrogen-bond acceptors (Lipinski definition) is 4. The van der Waals surface area contributed by atoms with E-state index < -0.39 is 0 Å². The number of hydrazone groups is 1. The van der Waals surface area contributed by atoms with Crippen LogP contribution in [0.3, 0.4) is 0 Å². The quantitative estimate of drug-likeness (QED) is 0.855. The van der Waals surface area contributed by atoms with Gasteiger partial charge in [0.2, 0.25) is 0 Å². The third kappa shape index (κ3) is 3.58. The van der Waals surface area contributed by atoms with E-state index in [9.17, 15) is 0 Å². The van der Waals surface area contributed by atoms with Gasteiger partial charge in [-0.25, -0.2) is 5.01 Å². The summed E-state index contributed by atoms with van der Waals surface area (Å²) in [5.74, 6) is 0.823. The predicted octanol–water partition coefficient (Wildman–Crippen LogP) is 3.16. The van der Waals surface area contributed by atoms with Gasteiger partial charge in [-0.1, -0.05) is 12.1 Å². The van der Waals surface area contributed by atoms with Crippen LogP contribution in [-0.4, -0.2) is 37.0 Å². The molecule has 6 heteroatoms. The average Bonchev–Trinajstić information content (AvgIpc) is 3.07. The Kier molecular flexibility index (Phi) is 4.90. The molecule has 0 aromatic heterocycles. The molecule has 0 amide bonds. The molecule has 1 aliphatic rings. The Balaban J connectivity index is 1.87.